The predicted octanol–water partition coefficient (Wildman–Crippen LogP) is 3.23. The van der Waals surface area contributed by atoms with Gasteiger partial charge >= 0.3 is 0 Å². The lowest BCUT2D eigenvalue weighted by Gasteiger charge is -2.41. The number of epoxide rings is 2. The summed E-state index contributed by atoms with van der Waals surface area (Å²) in [4.78, 5) is 0. The molecule has 0 aromatic heterocycles. The van der Waals surface area contributed by atoms with Crippen molar-refractivity contribution in [2.24, 2.45) is 5.92 Å². The Morgan fingerprint density at radius 2 is 2.17 bits per heavy atom. The molecule has 1 aliphatic carbocycles. The highest BCUT2D eigenvalue weighted by Gasteiger charge is 2.71. The smallest absolute Gasteiger partial charge is 0.101 e. The van der Waals surface area contributed by atoms with Crippen LogP contribution >= 0.6 is 0 Å². The first-order chi connectivity index (χ1) is 11.0. The lowest BCUT2D eigenvalue weighted by atomic mass is 9.68. The van der Waals surface area contributed by atoms with Crippen molar-refractivity contribution in [3.8, 4) is 0 Å². The molecule has 132 valence electrons. The van der Waals surface area contributed by atoms with Crippen LogP contribution in [-0.4, -0.2) is 48.3 Å². The Morgan fingerprint density at radius 1 is 1.43 bits per heavy atom. The van der Waals surface area contributed by atoms with Crippen molar-refractivity contribution < 1.29 is 19.3 Å². The van der Waals surface area contributed by atoms with Gasteiger partial charge in [-0.25, -0.2) is 0 Å². The van der Waals surface area contributed by atoms with Gasteiger partial charge in [-0.15, -0.1) is 0 Å². The van der Waals surface area contributed by atoms with Gasteiger partial charge in [0, 0.05) is 7.11 Å². The third kappa shape index (κ3) is 3.23. The van der Waals surface area contributed by atoms with Gasteiger partial charge in [0.2, 0.25) is 0 Å². The molecule has 3 aliphatic rings. The molecule has 0 aromatic carbocycles. The van der Waals surface area contributed by atoms with Crippen molar-refractivity contribution in [2.75, 3.05) is 13.7 Å². The fourth-order valence-corrected chi connectivity index (χ4v) is 4.49. The first kappa shape index (κ1) is 17.4. The van der Waals surface area contributed by atoms with Crippen LogP contribution in [0.5, 0.6) is 0 Å². The third-order valence-corrected chi connectivity index (χ3v) is 6.13. The van der Waals surface area contributed by atoms with Gasteiger partial charge in [-0.05, 0) is 46.0 Å². The molecule has 0 aromatic rings. The molecule has 3 rings (SSSR count). The van der Waals surface area contributed by atoms with Gasteiger partial charge < -0.3 is 19.3 Å². The molecule has 0 bridgehead atoms. The molecular formula is C19H32O4. The van der Waals surface area contributed by atoms with Crippen molar-refractivity contribution in [3.05, 3.63) is 11.6 Å². The summed E-state index contributed by atoms with van der Waals surface area (Å²) in [6.07, 6.45) is 8.22. The van der Waals surface area contributed by atoms with E-state index in [1.54, 1.807) is 7.11 Å². The summed E-state index contributed by atoms with van der Waals surface area (Å²) in [5, 5.41) is 10.3. The average molecular weight is 324 g/mol. The summed E-state index contributed by atoms with van der Waals surface area (Å²) in [6, 6.07) is 0. The van der Waals surface area contributed by atoms with Crippen molar-refractivity contribution in [2.45, 2.75) is 88.8 Å². The summed E-state index contributed by atoms with van der Waals surface area (Å²) in [5.41, 5.74) is 1.10. The monoisotopic (exact) mass is 324 g/mol. The van der Waals surface area contributed by atoms with E-state index in [0.717, 1.165) is 25.9 Å². The molecule has 2 heterocycles. The topological polar surface area (TPSA) is 54.5 Å². The zero-order valence-electron chi connectivity index (χ0n) is 15.0. The van der Waals surface area contributed by atoms with E-state index in [2.05, 4.69) is 26.8 Å². The number of methoxy groups -OCH3 is 1. The molecule has 4 nitrogen and oxygen atoms in total. The fourth-order valence-electron chi connectivity index (χ4n) is 4.49. The summed E-state index contributed by atoms with van der Waals surface area (Å²) in [5.74, 6) is 0.123. The highest BCUT2D eigenvalue weighted by Crippen LogP contribution is 2.59. The lowest BCUT2D eigenvalue weighted by molar-refractivity contribution is -0.116. The maximum atomic E-state index is 10.3. The quantitative estimate of drug-likeness (QED) is 0.577. The molecular weight excluding hydrogens is 292 g/mol. The molecule has 2 aliphatic heterocycles. The molecule has 4 heteroatoms. The SMILES string of the molecule is CCCC/C(C)=C/C[C@H]1O[C@]1(C)[C@H]1[C@H](OC)[C@H](O)CC[C@]12CO2. The third-order valence-electron chi connectivity index (χ3n) is 6.13. The zero-order valence-corrected chi connectivity index (χ0v) is 15.0. The van der Waals surface area contributed by atoms with Gasteiger partial charge in [-0.2, -0.15) is 0 Å². The van der Waals surface area contributed by atoms with Crippen molar-refractivity contribution in [1.29, 1.82) is 0 Å². The average Bonchev–Trinajstić information content (AvgIpc) is 3.44. The number of allylic oxidation sites excluding steroid dienone is 1. The summed E-state index contributed by atoms with van der Waals surface area (Å²) < 4.78 is 17.6. The number of hydrogen-bond donors (Lipinski definition) is 1. The van der Waals surface area contributed by atoms with Crippen LogP contribution in [0.15, 0.2) is 11.6 Å². The number of rotatable bonds is 7. The first-order valence-electron chi connectivity index (χ1n) is 9.15. The molecule has 1 spiro atoms. The minimum Gasteiger partial charge on any atom is -0.390 e. The summed E-state index contributed by atoms with van der Waals surface area (Å²) >= 11 is 0. The standard InChI is InChI=1S/C19H32O4/c1-5-6-7-13(2)8-9-15-18(3,23-15)17-16(21-4)14(20)10-11-19(17)12-22-19/h8,14-17,20H,5-7,9-12H2,1-4H3/b13-8+/t14-,15-,16-,17-,18+,19+/m1/s1. The Hall–Kier alpha value is -0.420. The van der Waals surface area contributed by atoms with Crippen LogP contribution in [-0.2, 0) is 14.2 Å². The van der Waals surface area contributed by atoms with Gasteiger partial charge in [0.1, 0.15) is 5.60 Å². The lowest BCUT2D eigenvalue weighted by Crippen LogP contribution is -2.54. The van der Waals surface area contributed by atoms with Gasteiger partial charge in [0.05, 0.1) is 36.4 Å². The van der Waals surface area contributed by atoms with Crippen LogP contribution in [0, 0.1) is 5.92 Å². The Bertz CT molecular complexity index is 456. The van der Waals surface area contributed by atoms with E-state index in [1.807, 2.05) is 0 Å². The van der Waals surface area contributed by atoms with E-state index < -0.39 is 6.10 Å². The maximum Gasteiger partial charge on any atom is 0.101 e. The van der Waals surface area contributed by atoms with Crippen molar-refractivity contribution >= 4 is 0 Å². The highest BCUT2D eigenvalue weighted by molar-refractivity contribution is 5.20. The minimum atomic E-state index is -0.414. The first-order valence-corrected chi connectivity index (χ1v) is 9.15. The summed E-state index contributed by atoms with van der Waals surface area (Å²) in [7, 11) is 1.69. The Kier molecular flexibility index (Phi) is 4.90. The Morgan fingerprint density at radius 3 is 2.78 bits per heavy atom. The van der Waals surface area contributed by atoms with Crippen LogP contribution in [0.4, 0.5) is 0 Å². The van der Waals surface area contributed by atoms with E-state index in [9.17, 15) is 5.11 Å². The second-order valence-corrected chi connectivity index (χ2v) is 7.82. The normalized spacial score (nSPS) is 46.2. The number of hydrogen-bond acceptors (Lipinski definition) is 4. The van der Waals surface area contributed by atoms with Gasteiger partial charge in [0.15, 0.2) is 0 Å². The molecule has 3 fully saturated rings. The number of aliphatic hydroxyl groups is 1. The molecule has 2 saturated heterocycles. The zero-order chi connectivity index (χ0) is 16.7. The molecule has 0 amide bonds. The van der Waals surface area contributed by atoms with Crippen molar-refractivity contribution in [3.63, 3.8) is 0 Å². The number of unbranched alkanes of at least 4 members (excludes halogenated alkanes) is 1. The second kappa shape index (κ2) is 6.47. The second-order valence-electron chi connectivity index (χ2n) is 7.82. The number of ether oxygens (including phenoxy) is 3. The van der Waals surface area contributed by atoms with E-state index in [-0.39, 0.29) is 29.3 Å². The van der Waals surface area contributed by atoms with E-state index >= 15 is 0 Å². The predicted molar refractivity (Wildman–Crippen MR) is 89.4 cm³/mol. The van der Waals surface area contributed by atoms with E-state index in [1.165, 1.54) is 24.8 Å². The minimum absolute atomic E-state index is 0.121. The molecule has 6 atom stereocenters. The van der Waals surface area contributed by atoms with E-state index in [0.29, 0.717) is 0 Å². The van der Waals surface area contributed by atoms with Crippen LogP contribution < -0.4 is 0 Å². The largest absolute Gasteiger partial charge is 0.390 e. The van der Waals surface area contributed by atoms with Gasteiger partial charge in [0.25, 0.3) is 0 Å². The fraction of sp³-hybridized carbons (Fsp3) is 0.895. The maximum absolute atomic E-state index is 10.3. The van der Waals surface area contributed by atoms with Gasteiger partial charge in [-0.1, -0.05) is 25.0 Å². The molecule has 1 saturated carbocycles. The van der Waals surface area contributed by atoms with Crippen molar-refractivity contribution in [1.82, 2.24) is 0 Å². The van der Waals surface area contributed by atoms with E-state index in [4.69, 9.17) is 14.2 Å². The summed E-state index contributed by atoms with van der Waals surface area (Å²) in [6.45, 7) is 7.39. The molecule has 23 heavy (non-hydrogen) atoms. The molecule has 0 radical (unpaired) electrons. The van der Waals surface area contributed by atoms with Gasteiger partial charge in [-0.3, -0.25) is 0 Å². The van der Waals surface area contributed by atoms with Crippen LogP contribution in [0.3, 0.4) is 0 Å². The molecule has 1 N–H and O–H groups in total. The van der Waals surface area contributed by atoms with Crippen LogP contribution in [0.2, 0.25) is 0 Å². The van der Waals surface area contributed by atoms with Crippen LogP contribution in [0.25, 0.3) is 0 Å². The Labute approximate surface area is 140 Å². The number of aliphatic hydroxyl groups excluding tert-OH is 1. The highest BCUT2D eigenvalue weighted by atomic mass is 16.6. The van der Waals surface area contributed by atoms with Crippen LogP contribution in [0.1, 0.15) is 59.3 Å². The Balaban J connectivity index is 1.66. The molecule has 0 unspecified atom stereocenters.